The number of benzene rings is 1. The first-order valence-electron chi connectivity index (χ1n) is 8.93. The Bertz CT molecular complexity index is 555. The predicted molar refractivity (Wildman–Crippen MR) is 92.8 cm³/mol. The Kier molecular flexibility index (Phi) is 5.87. The van der Waals surface area contributed by atoms with Gasteiger partial charge in [0.05, 0.1) is 19.8 Å². The van der Waals surface area contributed by atoms with E-state index in [2.05, 4.69) is 48.3 Å². The summed E-state index contributed by atoms with van der Waals surface area (Å²) in [7, 11) is 0. The van der Waals surface area contributed by atoms with Crippen LogP contribution in [0.15, 0.2) is 24.3 Å². The van der Waals surface area contributed by atoms with E-state index in [1.165, 1.54) is 11.1 Å². The highest BCUT2D eigenvalue weighted by Crippen LogP contribution is 2.22. The van der Waals surface area contributed by atoms with Crippen molar-refractivity contribution in [1.82, 2.24) is 10.2 Å². The van der Waals surface area contributed by atoms with Gasteiger partial charge in [0, 0.05) is 25.7 Å². The van der Waals surface area contributed by atoms with Gasteiger partial charge in [-0.15, -0.1) is 0 Å². The summed E-state index contributed by atoms with van der Waals surface area (Å²) < 4.78 is 10.8. The summed E-state index contributed by atoms with van der Waals surface area (Å²) in [5.41, 5.74) is 2.86. The second-order valence-corrected chi connectivity index (χ2v) is 6.98. The van der Waals surface area contributed by atoms with Crippen molar-refractivity contribution in [2.75, 3.05) is 32.9 Å². The minimum atomic E-state index is -0.464. The SMILES string of the molecule is CC(C)C(CNC(=O)C1COCCO1)N1CCc2ccccc2C1. The minimum Gasteiger partial charge on any atom is -0.376 e. The van der Waals surface area contributed by atoms with E-state index >= 15 is 0 Å². The first kappa shape index (κ1) is 17.4. The third-order valence-electron chi connectivity index (χ3n) is 4.99. The van der Waals surface area contributed by atoms with Crippen molar-refractivity contribution in [3.05, 3.63) is 35.4 Å². The number of carbonyl (C=O) groups is 1. The van der Waals surface area contributed by atoms with Crippen LogP contribution in [0.5, 0.6) is 0 Å². The molecule has 1 amide bonds. The smallest absolute Gasteiger partial charge is 0.251 e. The van der Waals surface area contributed by atoms with Crippen LogP contribution in [0.2, 0.25) is 0 Å². The summed E-state index contributed by atoms with van der Waals surface area (Å²) in [6, 6.07) is 8.98. The van der Waals surface area contributed by atoms with E-state index in [-0.39, 0.29) is 5.91 Å². The second kappa shape index (κ2) is 8.10. The van der Waals surface area contributed by atoms with Crippen molar-refractivity contribution < 1.29 is 14.3 Å². The molecule has 132 valence electrons. The van der Waals surface area contributed by atoms with Crippen LogP contribution >= 0.6 is 0 Å². The molecule has 0 saturated carbocycles. The Morgan fingerprint density at radius 3 is 2.79 bits per heavy atom. The Balaban J connectivity index is 1.58. The van der Waals surface area contributed by atoms with Crippen molar-refractivity contribution >= 4 is 5.91 Å². The lowest BCUT2D eigenvalue weighted by Crippen LogP contribution is -2.51. The summed E-state index contributed by atoms with van der Waals surface area (Å²) in [4.78, 5) is 14.8. The third-order valence-corrected chi connectivity index (χ3v) is 4.99. The van der Waals surface area contributed by atoms with Gasteiger partial charge >= 0.3 is 0 Å². The topological polar surface area (TPSA) is 50.8 Å². The standard InChI is InChI=1S/C19H28N2O3/c1-14(2)17(11-20-19(22)18-13-23-9-10-24-18)21-8-7-15-5-3-4-6-16(15)12-21/h3-6,14,17-18H,7-13H2,1-2H3,(H,20,22). The van der Waals surface area contributed by atoms with Gasteiger partial charge in [-0.2, -0.15) is 0 Å². The van der Waals surface area contributed by atoms with Crippen molar-refractivity contribution in [2.45, 2.75) is 39.0 Å². The zero-order valence-electron chi connectivity index (χ0n) is 14.7. The van der Waals surface area contributed by atoms with Crippen molar-refractivity contribution in [3.8, 4) is 0 Å². The van der Waals surface area contributed by atoms with Crippen LogP contribution in [0.3, 0.4) is 0 Å². The van der Waals surface area contributed by atoms with Gasteiger partial charge in [-0.25, -0.2) is 0 Å². The molecule has 5 heteroatoms. The molecule has 0 bridgehead atoms. The number of nitrogens with zero attached hydrogens (tertiary/aromatic N) is 1. The number of carbonyl (C=O) groups excluding carboxylic acids is 1. The van der Waals surface area contributed by atoms with Crippen molar-refractivity contribution in [2.24, 2.45) is 5.92 Å². The molecule has 1 aromatic rings. The maximum absolute atomic E-state index is 12.3. The molecule has 0 aromatic heterocycles. The average Bonchev–Trinajstić information content (AvgIpc) is 2.62. The molecule has 0 aliphatic carbocycles. The lowest BCUT2D eigenvalue weighted by atomic mass is 9.95. The van der Waals surface area contributed by atoms with E-state index in [0.29, 0.717) is 38.3 Å². The maximum Gasteiger partial charge on any atom is 0.251 e. The molecule has 2 heterocycles. The fraction of sp³-hybridized carbons (Fsp3) is 0.632. The minimum absolute atomic E-state index is 0.0576. The molecule has 1 fully saturated rings. The van der Waals surface area contributed by atoms with Gasteiger partial charge in [-0.1, -0.05) is 38.1 Å². The fourth-order valence-electron chi connectivity index (χ4n) is 3.55. The molecule has 3 rings (SSSR count). The van der Waals surface area contributed by atoms with Crippen LogP contribution in [0.25, 0.3) is 0 Å². The number of nitrogens with one attached hydrogen (secondary N) is 1. The van der Waals surface area contributed by atoms with Gasteiger partial charge in [-0.05, 0) is 23.5 Å². The van der Waals surface area contributed by atoms with Gasteiger partial charge in [0.15, 0.2) is 6.10 Å². The molecular weight excluding hydrogens is 304 g/mol. The average molecular weight is 332 g/mol. The Morgan fingerprint density at radius 1 is 1.29 bits per heavy atom. The molecule has 24 heavy (non-hydrogen) atoms. The van der Waals surface area contributed by atoms with E-state index in [1.54, 1.807) is 0 Å². The highest BCUT2D eigenvalue weighted by molar-refractivity contribution is 5.81. The predicted octanol–water partition coefficient (Wildman–Crippen LogP) is 1.60. The van der Waals surface area contributed by atoms with Gasteiger partial charge < -0.3 is 14.8 Å². The highest BCUT2D eigenvalue weighted by atomic mass is 16.6. The molecule has 2 aliphatic heterocycles. The van der Waals surface area contributed by atoms with Gasteiger partial charge in [0.1, 0.15) is 0 Å². The zero-order chi connectivity index (χ0) is 16.9. The summed E-state index contributed by atoms with van der Waals surface area (Å²) in [6.07, 6.45) is 0.612. The van der Waals surface area contributed by atoms with Crippen LogP contribution in [-0.4, -0.2) is 55.9 Å². The molecule has 2 atom stereocenters. The van der Waals surface area contributed by atoms with Crippen LogP contribution < -0.4 is 5.32 Å². The van der Waals surface area contributed by atoms with E-state index in [9.17, 15) is 4.79 Å². The van der Waals surface area contributed by atoms with E-state index in [0.717, 1.165) is 19.5 Å². The molecular formula is C19H28N2O3. The Labute approximate surface area is 144 Å². The molecule has 1 aromatic carbocycles. The zero-order valence-corrected chi connectivity index (χ0v) is 14.7. The van der Waals surface area contributed by atoms with E-state index in [1.807, 2.05) is 0 Å². The quantitative estimate of drug-likeness (QED) is 0.890. The highest BCUT2D eigenvalue weighted by Gasteiger charge is 2.28. The first-order chi connectivity index (χ1) is 11.6. The first-order valence-corrected chi connectivity index (χ1v) is 8.93. The molecule has 1 N–H and O–H groups in total. The molecule has 0 radical (unpaired) electrons. The molecule has 1 saturated heterocycles. The molecule has 0 spiro atoms. The summed E-state index contributed by atoms with van der Waals surface area (Å²) in [5.74, 6) is 0.414. The maximum atomic E-state index is 12.3. The lowest BCUT2D eigenvalue weighted by Gasteiger charge is -2.38. The summed E-state index contributed by atoms with van der Waals surface area (Å²) >= 11 is 0. The molecule has 5 nitrogen and oxygen atoms in total. The van der Waals surface area contributed by atoms with Crippen molar-refractivity contribution in [3.63, 3.8) is 0 Å². The Hall–Kier alpha value is -1.43. The second-order valence-electron chi connectivity index (χ2n) is 6.98. The lowest BCUT2D eigenvalue weighted by molar-refractivity contribution is -0.147. The van der Waals surface area contributed by atoms with Gasteiger partial charge in [0.2, 0.25) is 0 Å². The van der Waals surface area contributed by atoms with Crippen molar-refractivity contribution in [1.29, 1.82) is 0 Å². The molecule has 2 aliphatic rings. The number of rotatable bonds is 5. The van der Waals surface area contributed by atoms with Crippen LogP contribution in [0.1, 0.15) is 25.0 Å². The van der Waals surface area contributed by atoms with E-state index < -0.39 is 6.10 Å². The van der Waals surface area contributed by atoms with Gasteiger partial charge in [0.25, 0.3) is 5.91 Å². The Morgan fingerprint density at radius 2 is 2.08 bits per heavy atom. The summed E-state index contributed by atoms with van der Waals surface area (Å²) in [6.45, 7) is 8.51. The van der Waals surface area contributed by atoms with Crippen LogP contribution in [0.4, 0.5) is 0 Å². The fourth-order valence-corrected chi connectivity index (χ4v) is 3.55. The number of amides is 1. The van der Waals surface area contributed by atoms with Crippen LogP contribution in [-0.2, 0) is 27.2 Å². The number of ether oxygens (including phenoxy) is 2. The third kappa shape index (κ3) is 4.15. The monoisotopic (exact) mass is 332 g/mol. The summed E-state index contributed by atoms with van der Waals surface area (Å²) in [5, 5.41) is 3.07. The van der Waals surface area contributed by atoms with E-state index in [4.69, 9.17) is 9.47 Å². The number of hydrogen-bond acceptors (Lipinski definition) is 4. The van der Waals surface area contributed by atoms with Crippen LogP contribution in [0, 0.1) is 5.92 Å². The number of fused-ring (bicyclic) bond motifs is 1. The largest absolute Gasteiger partial charge is 0.376 e. The molecule has 2 unspecified atom stereocenters. The van der Waals surface area contributed by atoms with Gasteiger partial charge in [-0.3, -0.25) is 9.69 Å². The normalized spacial score (nSPS) is 22.9. The number of hydrogen-bond donors (Lipinski definition) is 1.